The SMILES string of the molecule is NC(=O)c1ccc(NC(=O)C(=O)Nc2ccc(C(N)=O)cc2)cc1. The molecule has 0 fully saturated rings. The van der Waals surface area contributed by atoms with Crippen LogP contribution in [0.5, 0.6) is 0 Å². The highest BCUT2D eigenvalue weighted by Crippen LogP contribution is 2.11. The highest BCUT2D eigenvalue weighted by Gasteiger charge is 2.14. The zero-order chi connectivity index (χ0) is 17.7. The Balaban J connectivity index is 1.97. The second-order valence-electron chi connectivity index (χ2n) is 4.79. The van der Waals surface area contributed by atoms with E-state index >= 15 is 0 Å². The summed E-state index contributed by atoms with van der Waals surface area (Å²) >= 11 is 0. The Morgan fingerprint density at radius 1 is 0.583 bits per heavy atom. The van der Waals surface area contributed by atoms with Gasteiger partial charge < -0.3 is 22.1 Å². The summed E-state index contributed by atoms with van der Waals surface area (Å²) < 4.78 is 0. The van der Waals surface area contributed by atoms with Crippen molar-refractivity contribution < 1.29 is 19.2 Å². The first-order valence-electron chi connectivity index (χ1n) is 6.79. The van der Waals surface area contributed by atoms with Crippen LogP contribution in [0.2, 0.25) is 0 Å². The molecule has 0 saturated heterocycles. The molecule has 6 N–H and O–H groups in total. The van der Waals surface area contributed by atoms with Crippen molar-refractivity contribution in [2.75, 3.05) is 10.6 Å². The van der Waals surface area contributed by atoms with Crippen molar-refractivity contribution >= 4 is 35.0 Å². The molecule has 2 aromatic rings. The van der Waals surface area contributed by atoms with Gasteiger partial charge in [-0.05, 0) is 48.5 Å². The summed E-state index contributed by atoms with van der Waals surface area (Å²) in [6, 6.07) is 11.5. The van der Waals surface area contributed by atoms with Crippen molar-refractivity contribution in [3.8, 4) is 0 Å². The first kappa shape index (κ1) is 16.7. The summed E-state index contributed by atoms with van der Waals surface area (Å²) in [5.74, 6) is -2.96. The fourth-order valence-corrected chi connectivity index (χ4v) is 1.81. The smallest absolute Gasteiger partial charge is 0.314 e. The summed E-state index contributed by atoms with van der Waals surface area (Å²) in [6.07, 6.45) is 0. The largest absolute Gasteiger partial charge is 0.366 e. The molecular weight excluding hydrogens is 312 g/mol. The van der Waals surface area contributed by atoms with E-state index in [1.54, 1.807) is 0 Å². The molecule has 0 radical (unpaired) electrons. The lowest BCUT2D eigenvalue weighted by atomic mass is 10.2. The van der Waals surface area contributed by atoms with E-state index in [9.17, 15) is 19.2 Å². The predicted octanol–water partition coefficient (Wildman–Crippen LogP) is 0.462. The summed E-state index contributed by atoms with van der Waals surface area (Å²) in [5, 5.41) is 4.76. The predicted molar refractivity (Wildman–Crippen MR) is 87.2 cm³/mol. The average molecular weight is 326 g/mol. The molecule has 8 nitrogen and oxygen atoms in total. The maximum Gasteiger partial charge on any atom is 0.314 e. The van der Waals surface area contributed by atoms with E-state index in [0.29, 0.717) is 11.4 Å². The van der Waals surface area contributed by atoms with E-state index < -0.39 is 23.6 Å². The monoisotopic (exact) mass is 326 g/mol. The fourth-order valence-electron chi connectivity index (χ4n) is 1.81. The maximum atomic E-state index is 11.8. The summed E-state index contributed by atoms with van der Waals surface area (Å²) in [5.41, 5.74) is 11.5. The lowest BCUT2D eigenvalue weighted by Crippen LogP contribution is -2.29. The molecule has 0 bridgehead atoms. The first-order chi connectivity index (χ1) is 11.4. The van der Waals surface area contributed by atoms with Crippen molar-refractivity contribution in [2.24, 2.45) is 11.5 Å². The number of hydrogen-bond donors (Lipinski definition) is 4. The van der Waals surface area contributed by atoms with Crippen LogP contribution in [0.25, 0.3) is 0 Å². The number of carbonyl (C=O) groups excluding carboxylic acids is 4. The standard InChI is InChI=1S/C16H14N4O4/c17-13(21)9-1-5-11(6-2-9)19-15(23)16(24)20-12-7-3-10(4-8-12)14(18)22/h1-8H,(H2,17,21)(H2,18,22)(H,19,23)(H,20,24). The van der Waals surface area contributed by atoms with E-state index in [0.717, 1.165) is 0 Å². The number of amides is 4. The molecule has 24 heavy (non-hydrogen) atoms. The molecule has 2 rings (SSSR count). The molecule has 0 aliphatic heterocycles. The Kier molecular flexibility index (Phi) is 4.90. The number of carbonyl (C=O) groups is 4. The summed E-state index contributed by atoms with van der Waals surface area (Å²) in [6.45, 7) is 0. The average Bonchev–Trinajstić information content (AvgIpc) is 2.55. The van der Waals surface area contributed by atoms with Gasteiger partial charge in [0.25, 0.3) is 0 Å². The quantitative estimate of drug-likeness (QED) is 0.605. The highest BCUT2D eigenvalue weighted by atomic mass is 16.2. The van der Waals surface area contributed by atoms with E-state index in [1.165, 1.54) is 48.5 Å². The van der Waals surface area contributed by atoms with E-state index in [2.05, 4.69) is 10.6 Å². The molecule has 0 aromatic heterocycles. The Hall–Kier alpha value is -3.68. The van der Waals surface area contributed by atoms with Gasteiger partial charge in [0, 0.05) is 22.5 Å². The van der Waals surface area contributed by atoms with E-state index in [-0.39, 0.29) is 11.1 Å². The van der Waals surface area contributed by atoms with Gasteiger partial charge in [0.15, 0.2) is 0 Å². The number of nitrogens with two attached hydrogens (primary N) is 2. The van der Waals surface area contributed by atoms with E-state index in [1.807, 2.05) is 0 Å². The van der Waals surface area contributed by atoms with Gasteiger partial charge in [0.1, 0.15) is 0 Å². The van der Waals surface area contributed by atoms with Crippen LogP contribution in [0.15, 0.2) is 48.5 Å². The van der Waals surface area contributed by atoms with Crippen molar-refractivity contribution in [3.05, 3.63) is 59.7 Å². The van der Waals surface area contributed by atoms with Crippen LogP contribution in [0.1, 0.15) is 20.7 Å². The maximum absolute atomic E-state index is 11.8. The van der Waals surface area contributed by atoms with Gasteiger partial charge in [0.2, 0.25) is 11.8 Å². The molecular formula is C16H14N4O4. The van der Waals surface area contributed by atoms with Crippen molar-refractivity contribution in [2.45, 2.75) is 0 Å². The van der Waals surface area contributed by atoms with Gasteiger partial charge >= 0.3 is 11.8 Å². The molecule has 0 atom stereocenters. The molecule has 0 spiro atoms. The molecule has 0 aliphatic rings. The zero-order valence-corrected chi connectivity index (χ0v) is 12.4. The molecule has 2 aromatic carbocycles. The number of nitrogens with one attached hydrogen (secondary N) is 2. The topological polar surface area (TPSA) is 144 Å². The lowest BCUT2D eigenvalue weighted by Gasteiger charge is -2.07. The number of anilines is 2. The van der Waals surface area contributed by atoms with Gasteiger partial charge in [-0.1, -0.05) is 0 Å². The second kappa shape index (κ2) is 7.05. The Labute approximate surface area is 136 Å². The van der Waals surface area contributed by atoms with Crippen LogP contribution in [-0.4, -0.2) is 23.6 Å². The molecule has 0 heterocycles. The normalized spacial score (nSPS) is 9.83. The molecule has 0 saturated carbocycles. The molecule has 0 unspecified atom stereocenters. The second-order valence-corrected chi connectivity index (χ2v) is 4.79. The number of primary amides is 2. The molecule has 122 valence electrons. The van der Waals surface area contributed by atoms with Crippen molar-refractivity contribution in [3.63, 3.8) is 0 Å². The van der Waals surface area contributed by atoms with Crippen LogP contribution >= 0.6 is 0 Å². The number of hydrogen-bond acceptors (Lipinski definition) is 4. The summed E-state index contributed by atoms with van der Waals surface area (Å²) in [7, 11) is 0. The van der Waals surface area contributed by atoms with Crippen LogP contribution in [0.3, 0.4) is 0 Å². The van der Waals surface area contributed by atoms with Gasteiger partial charge in [-0.25, -0.2) is 0 Å². The van der Waals surface area contributed by atoms with Gasteiger partial charge in [-0.15, -0.1) is 0 Å². The van der Waals surface area contributed by atoms with Crippen LogP contribution in [0.4, 0.5) is 11.4 Å². The van der Waals surface area contributed by atoms with Crippen molar-refractivity contribution in [1.29, 1.82) is 0 Å². The van der Waals surface area contributed by atoms with Gasteiger partial charge in [-0.2, -0.15) is 0 Å². The molecule has 8 heteroatoms. The Morgan fingerprint density at radius 3 is 1.12 bits per heavy atom. The van der Waals surface area contributed by atoms with Crippen LogP contribution in [-0.2, 0) is 9.59 Å². The molecule has 0 aliphatic carbocycles. The molecule has 4 amide bonds. The third-order valence-corrected chi connectivity index (χ3v) is 3.06. The number of rotatable bonds is 4. The number of benzene rings is 2. The third-order valence-electron chi connectivity index (χ3n) is 3.06. The zero-order valence-electron chi connectivity index (χ0n) is 12.4. The van der Waals surface area contributed by atoms with Gasteiger partial charge in [0.05, 0.1) is 0 Å². The van der Waals surface area contributed by atoms with Crippen molar-refractivity contribution in [1.82, 2.24) is 0 Å². The minimum Gasteiger partial charge on any atom is -0.366 e. The minimum absolute atomic E-state index is 0.284. The van der Waals surface area contributed by atoms with Gasteiger partial charge in [-0.3, -0.25) is 19.2 Å². The van der Waals surface area contributed by atoms with Crippen LogP contribution < -0.4 is 22.1 Å². The fraction of sp³-hybridized carbons (Fsp3) is 0. The minimum atomic E-state index is -0.888. The third kappa shape index (κ3) is 4.17. The Morgan fingerprint density at radius 2 is 0.875 bits per heavy atom. The summed E-state index contributed by atoms with van der Waals surface area (Å²) in [4.78, 5) is 45.6. The highest BCUT2D eigenvalue weighted by molar-refractivity contribution is 6.43. The first-order valence-corrected chi connectivity index (χ1v) is 6.79. The van der Waals surface area contributed by atoms with E-state index in [4.69, 9.17) is 11.5 Å². The Bertz CT molecular complexity index is 728. The van der Waals surface area contributed by atoms with Crippen LogP contribution in [0, 0.1) is 0 Å². The lowest BCUT2D eigenvalue weighted by molar-refractivity contribution is -0.132.